The second kappa shape index (κ2) is 7.29. The van der Waals surface area contributed by atoms with Gasteiger partial charge in [0.1, 0.15) is 10.7 Å². The summed E-state index contributed by atoms with van der Waals surface area (Å²) in [6, 6.07) is 18.1. The van der Waals surface area contributed by atoms with Crippen LogP contribution in [0.25, 0.3) is 10.8 Å². The third-order valence-electron chi connectivity index (χ3n) is 5.05. The molecule has 1 aromatic heterocycles. The molecular weight excluding hydrogens is 358 g/mol. The van der Waals surface area contributed by atoms with Crippen LogP contribution in [0.15, 0.2) is 65.7 Å². The molecule has 0 atom stereocenters. The molecule has 0 unspecified atom stereocenters. The van der Waals surface area contributed by atoms with E-state index < -0.39 is 10.0 Å². The molecule has 5 nitrogen and oxygen atoms in total. The van der Waals surface area contributed by atoms with Crippen LogP contribution >= 0.6 is 0 Å². The molecule has 6 heteroatoms. The first-order valence-corrected chi connectivity index (χ1v) is 10.6. The quantitative estimate of drug-likeness (QED) is 0.677. The number of nitrogens with zero attached hydrogens (tertiary/aromatic N) is 3. The summed E-state index contributed by atoms with van der Waals surface area (Å²) in [6.45, 7) is 1.91. The van der Waals surface area contributed by atoms with Crippen LogP contribution in [0.1, 0.15) is 18.4 Å². The van der Waals surface area contributed by atoms with Crippen molar-refractivity contribution < 1.29 is 8.42 Å². The third-order valence-corrected chi connectivity index (χ3v) is 6.93. The van der Waals surface area contributed by atoms with Gasteiger partial charge < -0.3 is 4.90 Å². The Labute approximate surface area is 160 Å². The third kappa shape index (κ3) is 3.68. The van der Waals surface area contributed by atoms with Crippen molar-refractivity contribution in [2.24, 2.45) is 0 Å². The maximum Gasteiger partial charge on any atom is 0.244 e. The number of benzene rings is 2. The molecule has 1 fully saturated rings. The van der Waals surface area contributed by atoms with Crippen LogP contribution in [-0.4, -0.2) is 37.8 Å². The van der Waals surface area contributed by atoms with Crippen molar-refractivity contribution in [3.05, 3.63) is 66.4 Å². The Hall–Kier alpha value is -2.44. The highest BCUT2D eigenvalue weighted by atomic mass is 32.2. The Balaban J connectivity index is 1.51. The molecule has 1 aliphatic heterocycles. The summed E-state index contributed by atoms with van der Waals surface area (Å²) >= 11 is 0. The fourth-order valence-corrected chi connectivity index (χ4v) is 4.98. The highest BCUT2D eigenvalue weighted by Crippen LogP contribution is 2.23. The van der Waals surface area contributed by atoms with Gasteiger partial charge in [-0.15, -0.1) is 0 Å². The zero-order valence-electron chi connectivity index (χ0n) is 15.4. The Bertz CT molecular complexity index is 1040. The van der Waals surface area contributed by atoms with Gasteiger partial charge in [0.25, 0.3) is 0 Å². The maximum atomic E-state index is 12.6. The van der Waals surface area contributed by atoms with Crippen molar-refractivity contribution in [1.29, 1.82) is 0 Å². The average Bonchev–Trinajstić information content (AvgIpc) is 3.24. The highest BCUT2D eigenvalue weighted by Gasteiger charge is 2.27. The van der Waals surface area contributed by atoms with Crippen molar-refractivity contribution in [3.63, 3.8) is 0 Å². The molecule has 1 saturated heterocycles. The fraction of sp³-hybridized carbons (Fsp3) is 0.286. The standard InChI is InChI=1S/C21H23N3O2S/c1-23(16-17-8-9-18-6-2-3-7-19(18)14-17)21-11-10-20(15-22-21)27(25,26)24-12-4-5-13-24/h2-3,6-11,14-15H,4-5,12-13,16H2,1H3. The molecule has 0 N–H and O–H groups in total. The van der Waals surface area contributed by atoms with Gasteiger partial charge in [-0.25, -0.2) is 13.4 Å². The van der Waals surface area contributed by atoms with E-state index in [9.17, 15) is 8.42 Å². The molecule has 0 radical (unpaired) electrons. The van der Waals surface area contributed by atoms with Gasteiger partial charge >= 0.3 is 0 Å². The van der Waals surface area contributed by atoms with E-state index in [1.807, 2.05) is 24.1 Å². The van der Waals surface area contributed by atoms with E-state index in [2.05, 4.69) is 35.3 Å². The molecule has 1 aliphatic rings. The molecule has 0 amide bonds. The first-order valence-electron chi connectivity index (χ1n) is 9.19. The second-order valence-corrected chi connectivity index (χ2v) is 8.94. The minimum Gasteiger partial charge on any atom is -0.355 e. The number of aromatic nitrogens is 1. The molecule has 0 saturated carbocycles. The van der Waals surface area contributed by atoms with Gasteiger partial charge in [-0.3, -0.25) is 0 Å². The smallest absolute Gasteiger partial charge is 0.244 e. The molecule has 2 heterocycles. The summed E-state index contributed by atoms with van der Waals surface area (Å²) in [7, 11) is -1.45. The normalized spacial score (nSPS) is 15.3. The molecule has 0 spiro atoms. The number of hydrogen-bond acceptors (Lipinski definition) is 4. The fourth-order valence-electron chi connectivity index (χ4n) is 3.52. The summed E-state index contributed by atoms with van der Waals surface area (Å²) in [5, 5.41) is 2.43. The molecule has 27 heavy (non-hydrogen) atoms. The van der Waals surface area contributed by atoms with Crippen molar-refractivity contribution in [2.45, 2.75) is 24.3 Å². The number of rotatable bonds is 5. The van der Waals surface area contributed by atoms with Gasteiger partial charge in [-0.1, -0.05) is 36.4 Å². The van der Waals surface area contributed by atoms with Crippen LogP contribution < -0.4 is 4.90 Å². The van der Waals surface area contributed by atoms with Gasteiger partial charge in [0.05, 0.1) is 0 Å². The maximum absolute atomic E-state index is 12.6. The number of anilines is 1. The van der Waals surface area contributed by atoms with Crippen molar-refractivity contribution >= 4 is 26.6 Å². The predicted molar refractivity (Wildman–Crippen MR) is 108 cm³/mol. The Kier molecular flexibility index (Phi) is 4.85. The first-order chi connectivity index (χ1) is 13.0. The molecular formula is C21H23N3O2S. The van der Waals surface area contributed by atoms with Gasteiger partial charge in [-0.2, -0.15) is 4.31 Å². The average molecular weight is 382 g/mol. The van der Waals surface area contributed by atoms with Gasteiger partial charge in [0.15, 0.2) is 0 Å². The topological polar surface area (TPSA) is 53.5 Å². The minimum absolute atomic E-state index is 0.271. The number of sulfonamides is 1. The molecule has 3 aromatic rings. The zero-order valence-corrected chi connectivity index (χ0v) is 16.2. The van der Waals surface area contributed by atoms with Crippen molar-refractivity contribution in [3.8, 4) is 0 Å². The number of fused-ring (bicyclic) bond motifs is 1. The van der Waals surface area contributed by atoms with Crippen molar-refractivity contribution in [1.82, 2.24) is 9.29 Å². The van der Waals surface area contributed by atoms with E-state index in [-0.39, 0.29) is 4.90 Å². The Morgan fingerprint density at radius 3 is 2.44 bits per heavy atom. The lowest BCUT2D eigenvalue weighted by Gasteiger charge is -2.20. The molecule has 140 valence electrons. The van der Waals surface area contributed by atoms with E-state index in [0.717, 1.165) is 18.7 Å². The Morgan fingerprint density at radius 2 is 1.74 bits per heavy atom. The molecule has 2 aromatic carbocycles. The van der Waals surface area contributed by atoms with Gasteiger partial charge in [-0.05, 0) is 47.4 Å². The predicted octanol–water partition coefficient (Wildman–Crippen LogP) is 3.66. The lowest BCUT2D eigenvalue weighted by atomic mass is 10.1. The van der Waals surface area contributed by atoms with Crippen LogP contribution in [-0.2, 0) is 16.6 Å². The Morgan fingerprint density at radius 1 is 1.00 bits per heavy atom. The summed E-state index contributed by atoms with van der Waals surface area (Å²) in [5.74, 6) is 0.753. The van der Waals surface area contributed by atoms with Gasteiger partial charge in [0, 0.05) is 32.9 Å². The minimum atomic E-state index is -3.41. The second-order valence-electron chi connectivity index (χ2n) is 7.00. The van der Waals surface area contributed by atoms with E-state index in [0.29, 0.717) is 19.6 Å². The molecule has 0 bridgehead atoms. The van der Waals surface area contributed by atoms with Crippen LogP contribution in [0, 0.1) is 0 Å². The van der Waals surface area contributed by atoms with Crippen LogP contribution in [0.4, 0.5) is 5.82 Å². The van der Waals surface area contributed by atoms with E-state index >= 15 is 0 Å². The van der Waals surface area contributed by atoms with E-state index in [1.54, 1.807) is 16.4 Å². The molecule has 0 aliphatic carbocycles. The monoisotopic (exact) mass is 381 g/mol. The summed E-state index contributed by atoms with van der Waals surface area (Å²) in [4.78, 5) is 6.69. The summed E-state index contributed by atoms with van der Waals surface area (Å²) in [5.41, 5.74) is 1.19. The summed E-state index contributed by atoms with van der Waals surface area (Å²) < 4.78 is 26.8. The molecule has 4 rings (SSSR count). The summed E-state index contributed by atoms with van der Waals surface area (Å²) in [6.07, 6.45) is 3.33. The lowest BCUT2D eigenvalue weighted by molar-refractivity contribution is 0.477. The highest BCUT2D eigenvalue weighted by molar-refractivity contribution is 7.89. The number of hydrogen-bond donors (Lipinski definition) is 0. The van der Waals surface area contributed by atoms with Crippen molar-refractivity contribution in [2.75, 3.05) is 25.0 Å². The number of pyridine rings is 1. The van der Waals surface area contributed by atoms with Crippen LogP contribution in [0.3, 0.4) is 0 Å². The van der Waals surface area contributed by atoms with E-state index in [4.69, 9.17) is 0 Å². The van der Waals surface area contributed by atoms with E-state index in [1.165, 1.54) is 22.5 Å². The zero-order chi connectivity index (χ0) is 18.9. The first kappa shape index (κ1) is 17.9. The SMILES string of the molecule is CN(Cc1ccc2ccccc2c1)c1ccc(S(=O)(=O)N2CCCC2)cn1. The van der Waals surface area contributed by atoms with Gasteiger partial charge in [0.2, 0.25) is 10.0 Å². The lowest BCUT2D eigenvalue weighted by Crippen LogP contribution is -2.28. The van der Waals surface area contributed by atoms with Crippen LogP contribution in [0.2, 0.25) is 0 Å². The van der Waals surface area contributed by atoms with Crippen LogP contribution in [0.5, 0.6) is 0 Å². The largest absolute Gasteiger partial charge is 0.355 e.